The van der Waals surface area contributed by atoms with Crippen LogP contribution < -0.4 is 0 Å². The highest BCUT2D eigenvalue weighted by Crippen LogP contribution is 2.39. The molecular weight excluding hydrogens is 182 g/mol. The van der Waals surface area contributed by atoms with Crippen molar-refractivity contribution in [3.8, 4) is 6.07 Å². The Morgan fingerprint density at radius 2 is 2.13 bits per heavy atom. The lowest BCUT2D eigenvalue weighted by Gasteiger charge is -2.30. The third-order valence-corrected chi connectivity index (χ3v) is 2.87. The molecule has 0 unspecified atom stereocenters. The van der Waals surface area contributed by atoms with Crippen molar-refractivity contribution in [2.75, 3.05) is 0 Å². The molecule has 82 valence electrons. The first-order valence-corrected chi connectivity index (χ1v) is 5.78. The molecule has 1 nitrogen and oxygen atoms in total. The Morgan fingerprint density at radius 3 is 2.60 bits per heavy atom. The van der Waals surface area contributed by atoms with Crippen molar-refractivity contribution in [2.24, 2.45) is 5.41 Å². The second kappa shape index (κ2) is 4.66. The van der Waals surface area contributed by atoms with Gasteiger partial charge in [-0.05, 0) is 37.2 Å². The highest BCUT2D eigenvalue weighted by Gasteiger charge is 2.25. The lowest BCUT2D eigenvalue weighted by molar-refractivity contribution is 0.350. The third kappa shape index (κ3) is 3.23. The van der Waals surface area contributed by atoms with Crippen molar-refractivity contribution in [1.29, 1.82) is 5.26 Å². The second-order valence-electron chi connectivity index (χ2n) is 5.37. The maximum Gasteiger partial charge on any atom is 0.0949 e. The van der Waals surface area contributed by atoms with Gasteiger partial charge in [0.05, 0.1) is 6.07 Å². The standard InChI is InChI=1S/C14H21N/c1-5-6-12(10-15)13-7-11(2)8-14(3,4)9-13/h7H,5-6,8-9H2,1-4H3/b13-12+. The molecule has 0 amide bonds. The summed E-state index contributed by atoms with van der Waals surface area (Å²) in [5, 5.41) is 9.13. The minimum Gasteiger partial charge on any atom is -0.193 e. The average molecular weight is 203 g/mol. The van der Waals surface area contributed by atoms with Crippen LogP contribution in [0.15, 0.2) is 22.8 Å². The van der Waals surface area contributed by atoms with E-state index in [0.717, 1.165) is 31.3 Å². The molecule has 1 aliphatic rings. The lowest BCUT2D eigenvalue weighted by Crippen LogP contribution is -2.17. The zero-order chi connectivity index (χ0) is 11.5. The number of allylic oxidation sites excluding steroid dienone is 4. The first kappa shape index (κ1) is 12.0. The maximum atomic E-state index is 9.13. The highest BCUT2D eigenvalue weighted by molar-refractivity contribution is 5.39. The lowest BCUT2D eigenvalue weighted by atomic mass is 9.74. The van der Waals surface area contributed by atoms with Gasteiger partial charge in [0.25, 0.3) is 0 Å². The predicted octanol–water partition coefficient (Wildman–Crippen LogP) is 4.37. The van der Waals surface area contributed by atoms with Crippen molar-refractivity contribution >= 4 is 0 Å². The Kier molecular flexibility index (Phi) is 3.74. The van der Waals surface area contributed by atoms with E-state index < -0.39 is 0 Å². The first-order chi connectivity index (χ1) is 6.98. The number of rotatable bonds is 2. The molecule has 0 radical (unpaired) electrons. The van der Waals surface area contributed by atoms with Crippen molar-refractivity contribution in [1.82, 2.24) is 0 Å². The average Bonchev–Trinajstić information content (AvgIpc) is 2.10. The van der Waals surface area contributed by atoms with Gasteiger partial charge in [0.15, 0.2) is 0 Å². The van der Waals surface area contributed by atoms with Gasteiger partial charge in [0.2, 0.25) is 0 Å². The van der Waals surface area contributed by atoms with Crippen LogP contribution in [-0.2, 0) is 0 Å². The maximum absolute atomic E-state index is 9.13. The summed E-state index contributed by atoms with van der Waals surface area (Å²) in [6.45, 7) is 8.86. The summed E-state index contributed by atoms with van der Waals surface area (Å²) < 4.78 is 0. The fourth-order valence-electron chi connectivity index (χ4n) is 2.46. The summed E-state index contributed by atoms with van der Waals surface area (Å²) >= 11 is 0. The van der Waals surface area contributed by atoms with E-state index in [2.05, 4.69) is 39.8 Å². The van der Waals surface area contributed by atoms with E-state index in [-0.39, 0.29) is 0 Å². The zero-order valence-corrected chi connectivity index (χ0v) is 10.4. The van der Waals surface area contributed by atoms with Crippen LogP contribution in [0.3, 0.4) is 0 Å². The molecule has 0 atom stereocenters. The normalized spacial score (nSPS) is 23.0. The van der Waals surface area contributed by atoms with Crippen LogP contribution in [0, 0.1) is 16.7 Å². The molecule has 0 bridgehead atoms. The van der Waals surface area contributed by atoms with E-state index in [4.69, 9.17) is 5.26 Å². The predicted molar refractivity (Wildman–Crippen MR) is 64.3 cm³/mol. The molecule has 0 aromatic heterocycles. The molecule has 0 spiro atoms. The smallest absolute Gasteiger partial charge is 0.0949 e. The van der Waals surface area contributed by atoms with E-state index in [1.807, 2.05) is 0 Å². The van der Waals surface area contributed by atoms with Crippen molar-refractivity contribution < 1.29 is 0 Å². The van der Waals surface area contributed by atoms with Crippen molar-refractivity contribution in [3.05, 3.63) is 22.8 Å². The molecule has 0 fully saturated rings. The van der Waals surface area contributed by atoms with Crippen LogP contribution in [0.2, 0.25) is 0 Å². The first-order valence-electron chi connectivity index (χ1n) is 5.78. The summed E-state index contributed by atoms with van der Waals surface area (Å²) in [4.78, 5) is 0. The zero-order valence-electron chi connectivity index (χ0n) is 10.4. The van der Waals surface area contributed by atoms with Gasteiger partial charge in [-0.1, -0.05) is 38.8 Å². The van der Waals surface area contributed by atoms with Gasteiger partial charge in [-0.2, -0.15) is 5.26 Å². The van der Waals surface area contributed by atoms with Crippen molar-refractivity contribution in [2.45, 2.75) is 53.4 Å². The van der Waals surface area contributed by atoms with Crippen molar-refractivity contribution in [3.63, 3.8) is 0 Å². The molecule has 1 aliphatic carbocycles. The van der Waals surface area contributed by atoms with Crippen LogP contribution in [-0.4, -0.2) is 0 Å². The van der Waals surface area contributed by atoms with E-state index in [1.54, 1.807) is 0 Å². The topological polar surface area (TPSA) is 23.8 Å². The Labute approximate surface area is 93.5 Å². The number of nitriles is 1. The molecule has 0 aromatic rings. The van der Waals surface area contributed by atoms with Crippen LogP contribution in [0.5, 0.6) is 0 Å². The van der Waals surface area contributed by atoms with Gasteiger partial charge in [-0.3, -0.25) is 0 Å². The van der Waals surface area contributed by atoms with Gasteiger partial charge < -0.3 is 0 Å². The highest BCUT2D eigenvalue weighted by atomic mass is 14.3. The van der Waals surface area contributed by atoms with E-state index in [1.165, 1.54) is 11.1 Å². The molecule has 15 heavy (non-hydrogen) atoms. The minimum atomic E-state index is 0.323. The van der Waals surface area contributed by atoms with Crippen LogP contribution in [0.4, 0.5) is 0 Å². The van der Waals surface area contributed by atoms with Gasteiger partial charge >= 0.3 is 0 Å². The van der Waals surface area contributed by atoms with Gasteiger partial charge in [0, 0.05) is 5.57 Å². The molecular formula is C14H21N. The summed E-state index contributed by atoms with van der Waals surface area (Å²) in [7, 11) is 0. The molecule has 1 rings (SSSR count). The molecule has 0 saturated heterocycles. The largest absolute Gasteiger partial charge is 0.193 e. The molecule has 0 saturated carbocycles. The Bertz CT molecular complexity index is 337. The third-order valence-electron chi connectivity index (χ3n) is 2.87. The summed E-state index contributed by atoms with van der Waals surface area (Å²) in [6, 6.07) is 2.37. The number of hydrogen-bond acceptors (Lipinski definition) is 1. The quantitative estimate of drug-likeness (QED) is 0.611. The van der Waals surface area contributed by atoms with Crippen LogP contribution in [0.1, 0.15) is 53.4 Å². The van der Waals surface area contributed by atoms with E-state index >= 15 is 0 Å². The Morgan fingerprint density at radius 1 is 1.47 bits per heavy atom. The van der Waals surface area contributed by atoms with E-state index in [0.29, 0.717) is 5.41 Å². The summed E-state index contributed by atoms with van der Waals surface area (Å²) in [6.07, 6.45) is 6.40. The Hall–Kier alpha value is -1.03. The van der Waals surface area contributed by atoms with Gasteiger partial charge in [-0.25, -0.2) is 0 Å². The minimum absolute atomic E-state index is 0.323. The molecule has 0 aromatic carbocycles. The van der Waals surface area contributed by atoms with E-state index in [9.17, 15) is 0 Å². The fraction of sp³-hybridized carbons (Fsp3) is 0.643. The summed E-state index contributed by atoms with van der Waals surface area (Å²) in [5.74, 6) is 0. The monoisotopic (exact) mass is 203 g/mol. The van der Waals surface area contributed by atoms with Crippen LogP contribution >= 0.6 is 0 Å². The summed E-state index contributed by atoms with van der Waals surface area (Å²) in [5.41, 5.74) is 3.99. The molecule has 0 aliphatic heterocycles. The fourth-order valence-corrected chi connectivity index (χ4v) is 2.46. The van der Waals surface area contributed by atoms with Gasteiger partial charge in [0.1, 0.15) is 0 Å². The second-order valence-corrected chi connectivity index (χ2v) is 5.37. The van der Waals surface area contributed by atoms with Crippen LogP contribution in [0.25, 0.3) is 0 Å². The van der Waals surface area contributed by atoms with Gasteiger partial charge in [-0.15, -0.1) is 0 Å². The molecule has 0 heterocycles. The SMILES string of the molecule is CCC/C(C#N)=C1/C=C(C)CC(C)(C)C1. The number of nitrogens with zero attached hydrogens (tertiary/aromatic N) is 1. The molecule has 1 heteroatoms. The molecule has 0 N–H and O–H groups in total. The Balaban J connectivity index is 3.04. The number of hydrogen-bond donors (Lipinski definition) is 0.